The number of rotatable bonds is 28. The summed E-state index contributed by atoms with van der Waals surface area (Å²) >= 11 is 0. The SMILES string of the molecule is CC(C)C[C@H](NC(=O)[C@H](CO)NC(=O)[C@H](C)NC(=O)[C@H](CCCN=C(N)N)NC(=O)[C@H](CCCN=C(N)N)NC(=O)[C@@H](N)CC(C)C)C(=O)N[C@@H](Cc1ccccc1)C(=O)O. The van der Waals surface area contributed by atoms with E-state index in [1.165, 1.54) is 6.92 Å². The Kier molecular flexibility index (Phi) is 24.0. The monoisotopic (exact) mass is 862 g/mol. The van der Waals surface area contributed by atoms with E-state index in [4.69, 9.17) is 28.7 Å². The number of benzene rings is 1. The highest BCUT2D eigenvalue weighted by atomic mass is 16.4. The number of aliphatic imine (C=N–C) groups is 2. The van der Waals surface area contributed by atoms with E-state index in [1.807, 2.05) is 13.8 Å². The molecule has 18 N–H and O–H groups in total. The maximum Gasteiger partial charge on any atom is 0.326 e. The van der Waals surface area contributed by atoms with Crippen molar-refractivity contribution in [2.75, 3.05) is 19.7 Å². The quantitative estimate of drug-likeness (QED) is 0.0224. The van der Waals surface area contributed by atoms with E-state index in [-0.39, 0.29) is 75.4 Å². The predicted molar refractivity (Wildman–Crippen MR) is 229 cm³/mol. The molecule has 0 fully saturated rings. The number of nitrogens with one attached hydrogen (secondary N) is 6. The molecule has 1 rings (SSSR count). The van der Waals surface area contributed by atoms with Gasteiger partial charge in [-0.15, -0.1) is 0 Å². The minimum absolute atomic E-state index is 0.0146. The molecule has 1 aromatic carbocycles. The number of aliphatic hydroxyl groups excluding tert-OH is 1. The second-order valence-electron chi connectivity index (χ2n) is 15.5. The molecule has 0 saturated carbocycles. The first-order valence-corrected chi connectivity index (χ1v) is 20.2. The van der Waals surface area contributed by atoms with Crippen LogP contribution >= 0.6 is 0 Å². The Morgan fingerprint density at radius 1 is 0.574 bits per heavy atom. The van der Waals surface area contributed by atoms with Crippen LogP contribution in [0.4, 0.5) is 0 Å². The van der Waals surface area contributed by atoms with Gasteiger partial charge < -0.3 is 70.8 Å². The number of carbonyl (C=O) groups excluding carboxylic acids is 6. The second kappa shape index (κ2) is 27.7. The summed E-state index contributed by atoms with van der Waals surface area (Å²) in [6.45, 7) is 7.97. The zero-order valence-electron chi connectivity index (χ0n) is 35.7. The highest BCUT2D eigenvalue weighted by Gasteiger charge is 2.33. The van der Waals surface area contributed by atoms with Crippen LogP contribution in [0.3, 0.4) is 0 Å². The Hall–Kier alpha value is -6.03. The first-order valence-electron chi connectivity index (χ1n) is 20.2. The Morgan fingerprint density at radius 3 is 1.48 bits per heavy atom. The molecule has 0 aliphatic rings. The van der Waals surface area contributed by atoms with Crippen LogP contribution in [0, 0.1) is 11.8 Å². The zero-order valence-corrected chi connectivity index (χ0v) is 35.7. The van der Waals surface area contributed by atoms with Gasteiger partial charge in [-0.1, -0.05) is 58.0 Å². The molecule has 0 spiro atoms. The van der Waals surface area contributed by atoms with E-state index in [2.05, 4.69) is 41.9 Å². The van der Waals surface area contributed by atoms with Crippen molar-refractivity contribution in [2.24, 2.45) is 50.5 Å². The van der Waals surface area contributed by atoms with Crippen LogP contribution in [-0.4, -0.2) is 126 Å². The minimum atomic E-state index is -1.59. The van der Waals surface area contributed by atoms with Crippen molar-refractivity contribution in [3.63, 3.8) is 0 Å². The maximum atomic E-state index is 13.7. The largest absolute Gasteiger partial charge is 0.480 e. The third-order valence-corrected chi connectivity index (χ3v) is 9.02. The van der Waals surface area contributed by atoms with E-state index in [1.54, 1.807) is 44.2 Å². The average molecular weight is 862 g/mol. The van der Waals surface area contributed by atoms with Gasteiger partial charge in [0.2, 0.25) is 35.4 Å². The summed E-state index contributed by atoms with van der Waals surface area (Å²) in [4.78, 5) is 100. The number of amides is 6. The number of carbonyl (C=O) groups is 7. The topological polar surface area (TPSA) is 387 Å². The van der Waals surface area contributed by atoms with Crippen molar-refractivity contribution >= 4 is 53.3 Å². The van der Waals surface area contributed by atoms with Crippen LogP contribution in [0.15, 0.2) is 40.3 Å². The van der Waals surface area contributed by atoms with Crippen molar-refractivity contribution in [3.8, 4) is 0 Å². The van der Waals surface area contributed by atoms with Gasteiger partial charge in [0.15, 0.2) is 11.9 Å². The molecule has 0 unspecified atom stereocenters. The average Bonchev–Trinajstić information content (AvgIpc) is 3.17. The number of aliphatic hydroxyl groups is 1. The summed E-state index contributed by atoms with van der Waals surface area (Å²) in [5.41, 5.74) is 28.4. The van der Waals surface area contributed by atoms with Gasteiger partial charge in [0.05, 0.1) is 12.6 Å². The van der Waals surface area contributed by atoms with Crippen molar-refractivity contribution in [1.29, 1.82) is 0 Å². The number of aliphatic carboxylic acids is 1. The molecule has 61 heavy (non-hydrogen) atoms. The maximum absolute atomic E-state index is 13.7. The fourth-order valence-electron chi connectivity index (χ4n) is 5.88. The van der Waals surface area contributed by atoms with Crippen LogP contribution in [0.2, 0.25) is 0 Å². The lowest BCUT2D eigenvalue weighted by Gasteiger charge is -2.26. The van der Waals surface area contributed by atoms with Gasteiger partial charge in [-0.05, 0) is 62.8 Å². The predicted octanol–water partition coefficient (Wildman–Crippen LogP) is -3.24. The van der Waals surface area contributed by atoms with E-state index < -0.39 is 90.3 Å². The van der Waals surface area contributed by atoms with Gasteiger partial charge >= 0.3 is 5.97 Å². The third kappa shape index (κ3) is 21.7. The normalized spacial score (nSPS) is 14.4. The van der Waals surface area contributed by atoms with Gasteiger partial charge in [0.1, 0.15) is 36.3 Å². The summed E-state index contributed by atoms with van der Waals surface area (Å²) < 4.78 is 0. The van der Waals surface area contributed by atoms with E-state index in [9.17, 15) is 43.8 Å². The highest BCUT2D eigenvalue weighted by molar-refractivity contribution is 5.97. The van der Waals surface area contributed by atoms with E-state index in [0.29, 0.717) is 12.0 Å². The molecular weight excluding hydrogens is 795 g/mol. The standard InChI is InChI=1S/C39H67N13O9/c1-21(2)17-25(40)32(55)48-27(14-10-16-46-39(43)44)34(57)49-26(13-9-15-45-38(41)42)33(56)47-23(5)31(54)52-30(20-53)36(59)50-28(18-22(3)4)35(58)51-29(37(60)61)19-24-11-7-6-8-12-24/h6-8,11-12,21-23,25-30,53H,9-10,13-20,40H2,1-5H3,(H,47,56)(H,48,55)(H,49,57)(H,50,59)(H,51,58)(H,52,54)(H,60,61)(H4,41,42,45)(H4,43,44,46)/t23-,25-,26-,27-,28-,29-,30-/m0/s1. The van der Waals surface area contributed by atoms with Crippen LogP contribution in [0.25, 0.3) is 0 Å². The molecule has 7 atom stereocenters. The molecule has 22 nitrogen and oxygen atoms in total. The molecule has 0 aromatic heterocycles. The van der Waals surface area contributed by atoms with Gasteiger partial charge in [-0.25, -0.2) is 4.79 Å². The lowest BCUT2D eigenvalue weighted by atomic mass is 10.0. The fourth-order valence-corrected chi connectivity index (χ4v) is 5.88. The first kappa shape index (κ1) is 53.0. The molecule has 0 saturated heterocycles. The van der Waals surface area contributed by atoms with Crippen molar-refractivity contribution < 1.29 is 43.8 Å². The third-order valence-electron chi connectivity index (χ3n) is 9.02. The second-order valence-corrected chi connectivity index (χ2v) is 15.5. The summed E-state index contributed by atoms with van der Waals surface area (Å²) in [6.07, 6.45) is 0.952. The Labute approximate surface area is 356 Å². The van der Waals surface area contributed by atoms with Gasteiger partial charge in [0, 0.05) is 19.5 Å². The number of hydrogen-bond donors (Lipinski definition) is 13. The molecule has 0 bridgehead atoms. The minimum Gasteiger partial charge on any atom is -0.480 e. The molecule has 0 heterocycles. The number of nitrogens with zero attached hydrogens (tertiary/aromatic N) is 2. The number of carboxylic acids is 1. The Bertz CT molecular complexity index is 1650. The Balaban J connectivity index is 3.16. The van der Waals surface area contributed by atoms with Crippen molar-refractivity contribution in [3.05, 3.63) is 35.9 Å². The van der Waals surface area contributed by atoms with Crippen LogP contribution in [0.1, 0.15) is 78.7 Å². The first-order chi connectivity index (χ1) is 28.6. The molecule has 0 aliphatic heterocycles. The summed E-state index contributed by atoms with van der Waals surface area (Å²) in [5, 5.41) is 34.9. The zero-order chi connectivity index (χ0) is 46.2. The summed E-state index contributed by atoms with van der Waals surface area (Å²) in [5.74, 6) is -6.46. The van der Waals surface area contributed by atoms with Crippen LogP contribution < -0.4 is 60.6 Å². The molecule has 0 aliphatic carbocycles. The van der Waals surface area contributed by atoms with Gasteiger partial charge in [-0.2, -0.15) is 0 Å². The number of hydrogen-bond acceptors (Lipinski definition) is 11. The van der Waals surface area contributed by atoms with E-state index >= 15 is 0 Å². The van der Waals surface area contributed by atoms with Crippen molar-refractivity contribution in [1.82, 2.24) is 31.9 Å². The van der Waals surface area contributed by atoms with E-state index in [0.717, 1.165) is 0 Å². The van der Waals surface area contributed by atoms with Gasteiger partial charge in [-0.3, -0.25) is 38.8 Å². The van der Waals surface area contributed by atoms with Crippen LogP contribution in [-0.2, 0) is 40.0 Å². The molecule has 1 aromatic rings. The lowest BCUT2D eigenvalue weighted by Crippen LogP contribution is -2.60. The van der Waals surface area contributed by atoms with Crippen molar-refractivity contribution in [2.45, 2.75) is 122 Å². The molecular formula is C39H67N13O9. The molecule has 0 radical (unpaired) electrons. The number of carboxylic acid groups (broad SMARTS) is 1. The molecule has 342 valence electrons. The number of nitrogens with two attached hydrogens (primary N) is 5. The highest BCUT2D eigenvalue weighted by Crippen LogP contribution is 2.10. The lowest BCUT2D eigenvalue weighted by molar-refractivity contribution is -0.142. The summed E-state index contributed by atoms with van der Waals surface area (Å²) in [6, 6.07) is -0.165. The Morgan fingerprint density at radius 2 is 1.00 bits per heavy atom. The van der Waals surface area contributed by atoms with Gasteiger partial charge in [0.25, 0.3) is 0 Å². The fraction of sp³-hybridized carbons (Fsp3) is 0.615. The molecule has 22 heteroatoms. The summed E-state index contributed by atoms with van der Waals surface area (Å²) in [7, 11) is 0. The van der Waals surface area contributed by atoms with Crippen LogP contribution in [0.5, 0.6) is 0 Å². The smallest absolute Gasteiger partial charge is 0.326 e. The number of guanidine groups is 2. The molecule has 6 amide bonds.